The first kappa shape index (κ1) is 16.2. The number of benzene rings is 1. The van der Waals surface area contributed by atoms with Crippen molar-refractivity contribution in [1.29, 1.82) is 0 Å². The second-order valence-corrected chi connectivity index (χ2v) is 6.34. The maximum atomic E-state index is 12.4. The van der Waals surface area contributed by atoms with E-state index in [1.807, 2.05) is 30.3 Å². The third kappa shape index (κ3) is 3.13. The topological polar surface area (TPSA) is 104 Å². The van der Waals surface area contributed by atoms with E-state index in [1.54, 1.807) is 11.1 Å². The summed E-state index contributed by atoms with van der Waals surface area (Å²) in [4.78, 5) is 45.8. The molecule has 0 spiro atoms. The minimum atomic E-state index is -0.638. The Morgan fingerprint density at radius 3 is 2.73 bits per heavy atom. The van der Waals surface area contributed by atoms with Crippen LogP contribution in [0.5, 0.6) is 0 Å². The molecule has 4 rings (SSSR count). The summed E-state index contributed by atoms with van der Waals surface area (Å²) in [6.07, 6.45) is 2.23. The summed E-state index contributed by atoms with van der Waals surface area (Å²) in [5.41, 5.74) is 2.71. The second-order valence-electron chi connectivity index (χ2n) is 6.34. The Bertz CT molecular complexity index is 884. The number of carbonyl (C=O) groups excluding carboxylic acids is 3. The molecule has 132 valence electrons. The zero-order valence-electron chi connectivity index (χ0n) is 13.9. The molecular formula is C18H17N5O3. The van der Waals surface area contributed by atoms with Crippen LogP contribution in [0, 0.1) is 0 Å². The SMILES string of the molecule is O=C1NC(=O)[C@H](CCC(=O)N2Cc3cnc(-c4ccccc4)nc3C2)N1. The third-order valence-corrected chi connectivity index (χ3v) is 4.55. The quantitative estimate of drug-likeness (QED) is 0.799. The van der Waals surface area contributed by atoms with Crippen molar-refractivity contribution in [1.82, 2.24) is 25.5 Å². The van der Waals surface area contributed by atoms with Crippen LogP contribution in [-0.4, -0.2) is 38.8 Å². The monoisotopic (exact) mass is 351 g/mol. The first-order valence-corrected chi connectivity index (χ1v) is 8.39. The number of nitrogens with one attached hydrogen (secondary N) is 2. The van der Waals surface area contributed by atoms with Crippen molar-refractivity contribution in [3.8, 4) is 11.4 Å². The molecule has 1 aromatic heterocycles. The molecule has 1 atom stereocenters. The largest absolute Gasteiger partial charge is 0.332 e. The molecule has 1 aromatic carbocycles. The van der Waals surface area contributed by atoms with E-state index in [4.69, 9.17) is 0 Å². The molecule has 1 saturated heterocycles. The maximum absolute atomic E-state index is 12.4. The number of imide groups is 1. The van der Waals surface area contributed by atoms with Crippen molar-refractivity contribution >= 4 is 17.8 Å². The Morgan fingerprint density at radius 2 is 2.00 bits per heavy atom. The van der Waals surface area contributed by atoms with E-state index in [9.17, 15) is 14.4 Å². The molecule has 2 aliphatic heterocycles. The van der Waals surface area contributed by atoms with Gasteiger partial charge >= 0.3 is 6.03 Å². The Labute approximate surface area is 149 Å². The minimum absolute atomic E-state index is 0.0711. The van der Waals surface area contributed by atoms with Gasteiger partial charge in [-0.25, -0.2) is 14.8 Å². The summed E-state index contributed by atoms with van der Waals surface area (Å²) in [7, 11) is 0. The fourth-order valence-electron chi connectivity index (χ4n) is 3.14. The molecule has 4 amide bonds. The Morgan fingerprint density at radius 1 is 1.19 bits per heavy atom. The molecule has 26 heavy (non-hydrogen) atoms. The highest BCUT2D eigenvalue weighted by Crippen LogP contribution is 2.24. The Hall–Kier alpha value is -3.29. The van der Waals surface area contributed by atoms with Crippen LogP contribution in [0.25, 0.3) is 11.4 Å². The zero-order valence-corrected chi connectivity index (χ0v) is 13.9. The van der Waals surface area contributed by atoms with Gasteiger partial charge in [0.2, 0.25) is 5.91 Å². The van der Waals surface area contributed by atoms with E-state index in [1.165, 1.54) is 0 Å². The van der Waals surface area contributed by atoms with Gasteiger partial charge in [-0.1, -0.05) is 30.3 Å². The van der Waals surface area contributed by atoms with Crippen LogP contribution in [0.3, 0.4) is 0 Å². The Balaban J connectivity index is 1.39. The van der Waals surface area contributed by atoms with Crippen molar-refractivity contribution in [2.45, 2.75) is 32.0 Å². The summed E-state index contributed by atoms with van der Waals surface area (Å²) in [6, 6.07) is 8.54. The van der Waals surface area contributed by atoms with Gasteiger partial charge in [0.25, 0.3) is 5.91 Å². The van der Waals surface area contributed by atoms with E-state index in [0.717, 1.165) is 16.8 Å². The highest BCUT2D eigenvalue weighted by molar-refractivity contribution is 6.04. The lowest BCUT2D eigenvalue weighted by molar-refractivity contribution is -0.132. The van der Waals surface area contributed by atoms with Gasteiger partial charge in [0, 0.05) is 30.3 Å². The molecule has 8 nitrogen and oxygen atoms in total. The molecule has 8 heteroatoms. The van der Waals surface area contributed by atoms with E-state index in [2.05, 4.69) is 20.6 Å². The van der Waals surface area contributed by atoms with Crippen molar-refractivity contribution in [3.63, 3.8) is 0 Å². The predicted octanol–water partition coefficient (Wildman–Crippen LogP) is 0.974. The number of hydrogen-bond acceptors (Lipinski definition) is 5. The number of rotatable bonds is 4. The molecule has 0 saturated carbocycles. The van der Waals surface area contributed by atoms with Gasteiger partial charge < -0.3 is 10.2 Å². The lowest BCUT2D eigenvalue weighted by atomic mass is 10.1. The molecular weight excluding hydrogens is 334 g/mol. The molecule has 3 heterocycles. The first-order valence-electron chi connectivity index (χ1n) is 8.39. The van der Waals surface area contributed by atoms with Crippen LogP contribution in [0.4, 0.5) is 4.79 Å². The van der Waals surface area contributed by atoms with Crippen LogP contribution < -0.4 is 10.6 Å². The maximum Gasteiger partial charge on any atom is 0.322 e. The van der Waals surface area contributed by atoms with Crippen molar-refractivity contribution in [2.24, 2.45) is 0 Å². The van der Waals surface area contributed by atoms with Crippen molar-refractivity contribution in [3.05, 3.63) is 47.8 Å². The third-order valence-electron chi connectivity index (χ3n) is 4.55. The van der Waals surface area contributed by atoms with Gasteiger partial charge in [-0.2, -0.15) is 0 Å². The molecule has 0 aliphatic carbocycles. The standard InChI is InChI=1S/C18H17N5O3/c24-15(7-6-13-17(25)22-18(26)21-13)23-9-12-8-19-16(20-14(12)10-23)11-4-2-1-3-5-11/h1-5,8,13H,6-7,9-10H2,(H2,21,22,25,26)/t13-/m0/s1. The number of fused-ring (bicyclic) bond motifs is 1. The van der Waals surface area contributed by atoms with E-state index >= 15 is 0 Å². The molecule has 1 fully saturated rings. The number of nitrogens with zero attached hydrogens (tertiary/aromatic N) is 3. The summed E-state index contributed by atoms with van der Waals surface area (Å²) in [5.74, 6) is 0.188. The number of urea groups is 1. The van der Waals surface area contributed by atoms with Crippen molar-refractivity contribution < 1.29 is 14.4 Å². The number of carbonyl (C=O) groups is 3. The highest BCUT2D eigenvalue weighted by Gasteiger charge is 2.31. The van der Waals surface area contributed by atoms with Crippen LogP contribution in [-0.2, 0) is 22.7 Å². The van der Waals surface area contributed by atoms with E-state index in [-0.39, 0.29) is 24.7 Å². The van der Waals surface area contributed by atoms with Gasteiger partial charge in [-0.3, -0.25) is 14.9 Å². The van der Waals surface area contributed by atoms with Gasteiger partial charge in [0.05, 0.1) is 12.2 Å². The van der Waals surface area contributed by atoms with Crippen molar-refractivity contribution in [2.75, 3.05) is 0 Å². The van der Waals surface area contributed by atoms with Gasteiger partial charge in [-0.15, -0.1) is 0 Å². The average Bonchev–Trinajstić information content (AvgIpc) is 3.22. The molecule has 0 unspecified atom stereocenters. The minimum Gasteiger partial charge on any atom is -0.332 e. The van der Waals surface area contributed by atoms with E-state index < -0.39 is 12.1 Å². The highest BCUT2D eigenvalue weighted by atomic mass is 16.2. The Kier molecular flexibility index (Phi) is 4.08. The van der Waals surface area contributed by atoms with Crippen LogP contribution in [0.2, 0.25) is 0 Å². The molecule has 0 radical (unpaired) electrons. The fourth-order valence-corrected chi connectivity index (χ4v) is 3.14. The summed E-state index contributed by atoms with van der Waals surface area (Å²) < 4.78 is 0. The zero-order chi connectivity index (χ0) is 18.1. The predicted molar refractivity (Wildman–Crippen MR) is 91.4 cm³/mol. The lowest BCUT2D eigenvalue weighted by Gasteiger charge is -2.15. The molecule has 2 N–H and O–H groups in total. The van der Waals surface area contributed by atoms with Gasteiger partial charge in [0.15, 0.2) is 5.82 Å². The lowest BCUT2D eigenvalue weighted by Crippen LogP contribution is -2.32. The van der Waals surface area contributed by atoms with Crippen LogP contribution >= 0.6 is 0 Å². The molecule has 2 aliphatic rings. The first-order chi connectivity index (χ1) is 12.6. The summed E-state index contributed by atoms with van der Waals surface area (Å²) in [6.45, 7) is 0.895. The number of hydrogen-bond donors (Lipinski definition) is 2. The number of amides is 4. The van der Waals surface area contributed by atoms with E-state index in [0.29, 0.717) is 18.9 Å². The van der Waals surface area contributed by atoms with Crippen LogP contribution in [0.1, 0.15) is 24.1 Å². The fraction of sp³-hybridized carbons (Fsp3) is 0.278. The molecule has 2 aromatic rings. The normalized spacial score (nSPS) is 18.5. The van der Waals surface area contributed by atoms with Crippen LogP contribution in [0.15, 0.2) is 36.5 Å². The summed E-state index contributed by atoms with van der Waals surface area (Å²) >= 11 is 0. The van der Waals surface area contributed by atoms with Gasteiger partial charge in [0.1, 0.15) is 6.04 Å². The second kappa shape index (κ2) is 6.55. The summed E-state index contributed by atoms with van der Waals surface area (Å²) in [5, 5.41) is 4.66. The average molecular weight is 351 g/mol. The number of aromatic nitrogens is 2. The molecule has 0 bridgehead atoms. The smallest absolute Gasteiger partial charge is 0.322 e. The van der Waals surface area contributed by atoms with Gasteiger partial charge in [-0.05, 0) is 6.42 Å².